The number of aromatic nitrogens is 2. The molecule has 4 nitrogen and oxygen atoms in total. The van der Waals surface area contributed by atoms with Crippen LogP contribution in [0.15, 0.2) is 42.7 Å². The van der Waals surface area contributed by atoms with Crippen molar-refractivity contribution in [1.82, 2.24) is 15.1 Å². The molecule has 4 heteroatoms. The zero-order valence-electron chi connectivity index (χ0n) is 12.3. The molecule has 3 rings (SSSR count). The van der Waals surface area contributed by atoms with E-state index in [1.807, 2.05) is 30.3 Å². The maximum Gasteiger partial charge on any atom is 0.254 e. The average molecular weight is 283 g/mol. The van der Waals surface area contributed by atoms with Crippen molar-refractivity contribution in [2.45, 2.75) is 38.6 Å². The van der Waals surface area contributed by atoms with E-state index in [1.54, 1.807) is 17.1 Å². The molecule has 1 amide bonds. The Hall–Kier alpha value is -2.10. The molecule has 1 heterocycles. The number of carbonyl (C=O) groups excluding carboxylic acids is 1. The van der Waals surface area contributed by atoms with Crippen LogP contribution in [0.1, 0.15) is 43.0 Å². The SMILES string of the molecule is CC1CCC(NC(=O)c2cnn(-c3ccccc3)c2)CC1. The lowest BCUT2D eigenvalue weighted by Crippen LogP contribution is -2.37. The van der Waals surface area contributed by atoms with Crippen molar-refractivity contribution in [3.63, 3.8) is 0 Å². The highest BCUT2D eigenvalue weighted by Crippen LogP contribution is 2.23. The number of hydrogen-bond acceptors (Lipinski definition) is 2. The van der Waals surface area contributed by atoms with Gasteiger partial charge in [0.25, 0.3) is 5.91 Å². The normalized spacial score (nSPS) is 22.0. The van der Waals surface area contributed by atoms with Crippen LogP contribution in [-0.4, -0.2) is 21.7 Å². The van der Waals surface area contributed by atoms with E-state index in [0.29, 0.717) is 11.6 Å². The molecule has 0 aliphatic heterocycles. The molecule has 2 aromatic rings. The molecule has 0 bridgehead atoms. The second-order valence-electron chi connectivity index (χ2n) is 5.94. The van der Waals surface area contributed by atoms with Gasteiger partial charge in [0, 0.05) is 12.2 Å². The van der Waals surface area contributed by atoms with Crippen molar-refractivity contribution in [2.24, 2.45) is 5.92 Å². The molecule has 21 heavy (non-hydrogen) atoms. The number of nitrogens with zero attached hydrogens (tertiary/aromatic N) is 2. The molecule has 0 radical (unpaired) electrons. The topological polar surface area (TPSA) is 46.9 Å². The van der Waals surface area contributed by atoms with Crippen molar-refractivity contribution in [3.8, 4) is 5.69 Å². The summed E-state index contributed by atoms with van der Waals surface area (Å²) < 4.78 is 1.73. The van der Waals surface area contributed by atoms with Gasteiger partial charge in [-0.3, -0.25) is 4.79 Å². The van der Waals surface area contributed by atoms with Crippen LogP contribution in [0, 0.1) is 5.92 Å². The van der Waals surface area contributed by atoms with Crippen LogP contribution in [0.4, 0.5) is 0 Å². The van der Waals surface area contributed by atoms with E-state index in [9.17, 15) is 4.79 Å². The molecule has 1 saturated carbocycles. The van der Waals surface area contributed by atoms with E-state index in [4.69, 9.17) is 0 Å². The van der Waals surface area contributed by atoms with Gasteiger partial charge in [-0.05, 0) is 43.7 Å². The van der Waals surface area contributed by atoms with Gasteiger partial charge in [0.05, 0.1) is 17.4 Å². The van der Waals surface area contributed by atoms with Crippen LogP contribution in [-0.2, 0) is 0 Å². The molecular weight excluding hydrogens is 262 g/mol. The second-order valence-corrected chi connectivity index (χ2v) is 5.94. The van der Waals surface area contributed by atoms with Gasteiger partial charge < -0.3 is 5.32 Å². The smallest absolute Gasteiger partial charge is 0.254 e. The number of benzene rings is 1. The summed E-state index contributed by atoms with van der Waals surface area (Å²) in [4.78, 5) is 12.3. The third-order valence-electron chi connectivity index (χ3n) is 4.22. The molecule has 0 unspecified atom stereocenters. The summed E-state index contributed by atoms with van der Waals surface area (Å²) >= 11 is 0. The van der Waals surface area contributed by atoms with Gasteiger partial charge in [-0.25, -0.2) is 4.68 Å². The lowest BCUT2D eigenvalue weighted by Gasteiger charge is -2.26. The van der Waals surface area contributed by atoms with E-state index in [-0.39, 0.29) is 5.91 Å². The van der Waals surface area contributed by atoms with Gasteiger partial charge in [0.2, 0.25) is 0 Å². The molecule has 0 atom stereocenters. The highest BCUT2D eigenvalue weighted by molar-refractivity contribution is 5.94. The zero-order valence-corrected chi connectivity index (χ0v) is 12.3. The fourth-order valence-electron chi connectivity index (χ4n) is 2.84. The molecular formula is C17H21N3O. The average Bonchev–Trinajstić information content (AvgIpc) is 3.00. The summed E-state index contributed by atoms with van der Waals surface area (Å²) in [7, 11) is 0. The number of nitrogens with one attached hydrogen (secondary N) is 1. The van der Waals surface area contributed by atoms with Crippen LogP contribution < -0.4 is 5.32 Å². The van der Waals surface area contributed by atoms with E-state index in [1.165, 1.54) is 12.8 Å². The van der Waals surface area contributed by atoms with E-state index in [0.717, 1.165) is 24.4 Å². The third-order valence-corrected chi connectivity index (χ3v) is 4.22. The minimum Gasteiger partial charge on any atom is -0.349 e. The lowest BCUT2D eigenvalue weighted by atomic mass is 9.87. The van der Waals surface area contributed by atoms with Gasteiger partial charge in [0.15, 0.2) is 0 Å². The Morgan fingerprint density at radius 3 is 2.62 bits per heavy atom. The number of rotatable bonds is 3. The van der Waals surface area contributed by atoms with Gasteiger partial charge in [0.1, 0.15) is 0 Å². The van der Waals surface area contributed by atoms with Crippen LogP contribution in [0.5, 0.6) is 0 Å². The summed E-state index contributed by atoms with van der Waals surface area (Å²) in [5.74, 6) is 0.774. The molecule has 1 aliphatic carbocycles. The van der Waals surface area contributed by atoms with Crippen molar-refractivity contribution >= 4 is 5.91 Å². The van der Waals surface area contributed by atoms with Crippen LogP contribution in [0.25, 0.3) is 5.69 Å². The Morgan fingerprint density at radius 2 is 1.90 bits per heavy atom. The molecule has 1 aromatic heterocycles. The largest absolute Gasteiger partial charge is 0.349 e. The summed E-state index contributed by atoms with van der Waals surface area (Å²) in [5, 5.41) is 7.40. The molecule has 0 saturated heterocycles. The molecule has 0 spiro atoms. The highest BCUT2D eigenvalue weighted by Gasteiger charge is 2.20. The maximum atomic E-state index is 12.3. The van der Waals surface area contributed by atoms with Crippen molar-refractivity contribution in [1.29, 1.82) is 0 Å². The molecule has 1 fully saturated rings. The van der Waals surface area contributed by atoms with E-state index in [2.05, 4.69) is 17.3 Å². The molecule has 1 aromatic carbocycles. The maximum absolute atomic E-state index is 12.3. The van der Waals surface area contributed by atoms with Gasteiger partial charge >= 0.3 is 0 Å². The van der Waals surface area contributed by atoms with Crippen molar-refractivity contribution in [3.05, 3.63) is 48.3 Å². The predicted molar refractivity (Wildman–Crippen MR) is 82.5 cm³/mol. The number of hydrogen-bond donors (Lipinski definition) is 1. The van der Waals surface area contributed by atoms with Crippen LogP contribution >= 0.6 is 0 Å². The Kier molecular flexibility index (Phi) is 4.04. The summed E-state index contributed by atoms with van der Waals surface area (Å²) in [6.45, 7) is 2.28. The molecule has 1 aliphatic rings. The Morgan fingerprint density at radius 1 is 1.19 bits per heavy atom. The molecule has 1 N–H and O–H groups in total. The van der Waals surface area contributed by atoms with Gasteiger partial charge in [-0.2, -0.15) is 5.10 Å². The van der Waals surface area contributed by atoms with E-state index < -0.39 is 0 Å². The summed E-state index contributed by atoms with van der Waals surface area (Å²) in [6, 6.07) is 10.1. The first-order valence-electron chi connectivity index (χ1n) is 7.63. The summed E-state index contributed by atoms with van der Waals surface area (Å²) in [6.07, 6.45) is 7.99. The van der Waals surface area contributed by atoms with Gasteiger partial charge in [-0.15, -0.1) is 0 Å². The fourth-order valence-corrected chi connectivity index (χ4v) is 2.84. The first-order valence-corrected chi connectivity index (χ1v) is 7.63. The number of para-hydroxylation sites is 1. The molecule has 110 valence electrons. The summed E-state index contributed by atoms with van der Waals surface area (Å²) in [5.41, 5.74) is 1.58. The Balaban J connectivity index is 1.64. The highest BCUT2D eigenvalue weighted by atomic mass is 16.1. The monoisotopic (exact) mass is 283 g/mol. The quantitative estimate of drug-likeness (QED) is 0.940. The lowest BCUT2D eigenvalue weighted by molar-refractivity contribution is 0.0923. The van der Waals surface area contributed by atoms with Crippen LogP contribution in [0.2, 0.25) is 0 Å². The number of carbonyl (C=O) groups is 1. The minimum absolute atomic E-state index is 0.0169. The van der Waals surface area contributed by atoms with Crippen molar-refractivity contribution in [2.75, 3.05) is 0 Å². The fraction of sp³-hybridized carbons (Fsp3) is 0.412. The standard InChI is InChI=1S/C17H21N3O/c1-13-7-9-15(10-8-13)19-17(21)14-11-18-20(12-14)16-5-3-2-4-6-16/h2-6,11-13,15H,7-10H2,1H3,(H,19,21). The van der Waals surface area contributed by atoms with E-state index >= 15 is 0 Å². The predicted octanol–water partition coefficient (Wildman–Crippen LogP) is 3.18. The first kappa shape index (κ1) is 13.9. The van der Waals surface area contributed by atoms with Crippen molar-refractivity contribution < 1.29 is 4.79 Å². The number of amides is 1. The second kappa shape index (κ2) is 6.12. The Labute approximate surface area is 125 Å². The van der Waals surface area contributed by atoms with Crippen LogP contribution in [0.3, 0.4) is 0 Å². The first-order chi connectivity index (χ1) is 10.2. The zero-order chi connectivity index (χ0) is 14.7. The van der Waals surface area contributed by atoms with Gasteiger partial charge in [-0.1, -0.05) is 25.1 Å². The third kappa shape index (κ3) is 3.32. The minimum atomic E-state index is -0.0169. The Bertz CT molecular complexity index is 598.